The quantitative estimate of drug-likeness (QED) is 0.726. The highest BCUT2D eigenvalue weighted by molar-refractivity contribution is 5.89. The molecule has 1 aromatic rings. The van der Waals surface area contributed by atoms with Crippen LogP contribution in [-0.4, -0.2) is 11.1 Å². The van der Waals surface area contributed by atoms with Crippen LogP contribution in [0.5, 0.6) is 0 Å². The molecule has 0 saturated carbocycles. The summed E-state index contributed by atoms with van der Waals surface area (Å²) >= 11 is 0. The molecule has 0 aliphatic carbocycles. The second kappa shape index (κ2) is 3.58. The molecule has 3 heteroatoms. The number of rotatable bonds is 2. The van der Waals surface area contributed by atoms with Gasteiger partial charge in [0.2, 0.25) is 0 Å². The van der Waals surface area contributed by atoms with E-state index >= 15 is 0 Å². The highest BCUT2D eigenvalue weighted by Crippen LogP contribution is 2.18. The van der Waals surface area contributed by atoms with Gasteiger partial charge in [-0.15, -0.1) is 0 Å². The summed E-state index contributed by atoms with van der Waals surface area (Å²) in [4.78, 5) is 10.8. The van der Waals surface area contributed by atoms with Crippen LogP contribution in [0.3, 0.4) is 0 Å². The fourth-order valence-corrected chi connectivity index (χ4v) is 1.38. The maximum absolute atomic E-state index is 10.8. The Balaban J connectivity index is 3.26. The summed E-state index contributed by atoms with van der Waals surface area (Å²) in [5, 5.41) is 8.83. The third kappa shape index (κ3) is 1.87. The summed E-state index contributed by atoms with van der Waals surface area (Å²) in [6.45, 7) is 3.62. The number of aromatic carboxylic acids is 1. The minimum Gasteiger partial charge on any atom is -0.478 e. The third-order valence-corrected chi connectivity index (χ3v) is 2.10. The van der Waals surface area contributed by atoms with Crippen molar-refractivity contribution >= 4 is 5.97 Å². The lowest BCUT2D eigenvalue weighted by molar-refractivity contribution is 0.0696. The Morgan fingerprint density at radius 1 is 1.54 bits per heavy atom. The van der Waals surface area contributed by atoms with Crippen molar-refractivity contribution in [1.29, 1.82) is 0 Å². The zero-order valence-corrected chi connectivity index (χ0v) is 7.74. The first kappa shape index (κ1) is 9.74. The van der Waals surface area contributed by atoms with Gasteiger partial charge in [-0.05, 0) is 31.0 Å². The standard InChI is InChI=1S/C10H13NO2/c1-6-8(7(2)11)4-3-5-9(6)10(12)13/h3-5,7H,11H2,1-2H3,(H,12,13)/t7-/m0/s1. The Bertz CT molecular complexity index is 332. The van der Waals surface area contributed by atoms with Gasteiger partial charge in [-0.1, -0.05) is 12.1 Å². The molecule has 0 aliphatic heterocycles. The van der Waals surface area contributed by atoms with E-state index < -0.39 is 5.97 Å². The summed E-state index contributed by atoms with van der Waals surface area (Å²) in [6, 6.07) is 5.03. The van der Waals surface area contributed by atoms with Crippen LogP contribution in [0.2, 0.25) is 0 Å². The monoisotopic (exact) mass is 179 g/mol. The zero-order valence-electron chi connectivity index (χ0n) is 7.74. The Labute approximate surface area is 77.2 Å². The SMILES string of the molecule is Cc1c(C(=O)O)cccc1[C@H](C)N. The minimum atomic E-state index is -0.903. The van der Waals surface area contributed by atoms with Crippen molar-refractivity contribution in [3.8, 4) is 0 Å². The van der Waals surface area contributed by atoms with Crippen LogP contribution in [-0.2, 0) is 0 Å². The predicted octanol–water partition coefficient (Wildman–Crippen LogP) is 1.71. The Morgan fingerprint density at radius 3 is 2.62 bits per heavy atom. The molecule has 0 aliphatic rings. The first-order valence-electron chi connectivity index (χ1n) is 4.12. The van der Waals surface area contributed by atoms with E-state index in [2.05, 4.69) is 0 Å². The van der Waals surface area contributed by atoms with Crippen LogP contribution in [0.15, 0.2) is 18.2 Å². The molecule has 0 bridgehead atoms. The van der Waals surface area contributed by atoms with E-state index in [9.17, 15) is 4.79 Å². The van der Waals surface area contributed by atoms with Crippen LogP contribution in [0, 0.1) is 6.92 Å². The molecule has 0 heterocycles. The molecule has 13 heavy (non-hydrogen) atoms. The molecule has 3 N–H and O–H groups in total. The van der Waals surface area contributed by atoms with Gasteiger partial charge in [-0.3, -0.25) is 0 Å². The lowest BCUT2D eigenvalue weighted by atomic mass is 9.98. The Hall–Kier alpha value is -1.35. The van der Waals surface area contributed by atoms with Crippen LogP contribution in [0.4, 0.5) is 0 Å². The number of benzene rings is 1. The van der Waals surface area contributed by atoms with E-state index in [1.165, 1.54) is 0 Å². The van der Waals surface area contributed by atoms with E-state index in [1.807, 2.05) is 13.0 Å². The van der Waals surface area contributed by atoms with Crippen molar-refractivity contribution in [3.05, 3.63) is 34.9 Å². The summed E-state index contributed by atoms with van der Waals surface area (Å²) < 4.78 is 0. The van der Waals surface area contributed by atoms with Crippen LogP contribution >= 0.6 is 0 Å². The molecule has 3 nitrogen and oxygen atoms in total. The molecule has 0 fully saturated rings. The molecular formula is C10H13NO2. The fraction of sp³-hybridized carbons (Fsp3) is 0.300. The molecule has 0 amide bonds. The molecule has 1 rings (SSSR count). The van der Waals surface area contributed by atoms with Gasteiger partial charge in [0.05, 0.1) is 5.56 Å². The second-order valence-electron chi connectivity index (χ2n) is 3.11. The van der Waals surface area contributed by atoms with Gasteiger partial charge < -0.3 is 10.8 Å². The van der Waals surface area contributed by atoms with Gasteiger partial charge in [-0.2, -0.15) is 0 Å². The normalized spacial score (nSPS) is 12.5. The highest BCUT2D eigenvalue weighted by atomic mass is 16.4. The molecule has 1 aromatic carbocycles. The lowest BCUT2D eigenvalue weighted by Gasteiger charge is -2.11. The zero-order chi connectivity index (χ0) is 10.0. The van der Waals surface area contributed by atoms with Gasteiger partial charge in [0.1, 0.15) is 0 Å². The molecule has 0 radical (unpaired) electrons. The molecule has 0 unspecified atom stereocenters. The summed E-state index contributed by atoms with van der Waals surface area (Å²) in [6.07, 6.45) is 0. The lowest BCUT2D eigenvalue weighted by Crippen LogP contribution is -2.10. The van der Waals surface area contributed by atoms with E-state index in [-0.39, 0.29) is 6.04 Å². The number of nitrogens with two attached hydrogens (primary N) is 1. The van der Waals surface area contributed by atoms with E-state index in [0.717, 1.165) is 11.1 Å². The predicted molar refractivity (Wildman–Crippen MR) is 50.7 cm³/mol. The smallest absolute Gasteiger partial charge is 0.335 e. The summed E-state index contributed by atoms with van der Waals surface area (Å²) in [5.74, 6) is -0.903. The number of carboxylic acids is 1. The number of hydrogen-bond acceptors (Lipinski definition) is 2. The molecule has 0 spiro atoms. The van der Waals surface area contributed by atoms with Gasteiger partial charge in [0.25, 0.3) is 0 Å². The van der Waals surface area contributed by atoms with Crippen LogP contribution in [0.1, 0.15) is 34.5 Å². The largest absolute Gasteiger partial charge is 0.478 e. The molecule has 70 valence electrons. The third-order valence-electron chi connectivity index (χ3n) is 2.10. The summed E-state index contributed by atoms with van der Waals surface area (Å²) in [7, 11) is 0. The van der Waals surface area contributed by atoms with Gasteiger partial charge in [0, 0.05) is 6.04 Å². The van der Waals surface area contributed by atoms with Crippen molar-refractivity contribution in [2.24, 2.45) is 5.73 Å². The average Bonchev–Trinajstić information content (AvgIpc) is 2.03. The van der Waals surface area contributed by atoms with Crippen LogP contribution < -0.4 is 5.73 Å². The number of carboxylic acid groups (broad SMARTS) is 1. The fourth-order valence-electron chi connectivity index (χ4n) is 1.38. The first-order valence-corrected chi connectivity index (χ1v) is 4.12. The van der Waals surface area contributed by atoms with Gasteiger partial charge in [0.15, 0.2) is 0 Å². The second-order valence-corrected chi connectivity index (χ2v) is 3.11. The highest BCUT2D eigenvalue weighted by Gasteiger charge is 2.11. The van der Waals surface area contributed by atoms with Crippen molar-refractivity contribution in [2.45, 2.75) is 19.9 Å². The van der Waals surface area contributed by atoms with E-state index in [4.69, 9.17) is 10.8 Å². The van der Waals surface area contributed by atoms with Crippen molar-refractivity contribution < 1.29 is 9.90 Å². The average molecular weight is 179 g/mol. The maximum atomic E-state index is 10.8. The minimum absolute atomic E-state index is 0.126. The van der Waals surface area contributed by atoms with Crippen molar-refractivity contribution in [1.82, 2.24) is 0 Å². The number of hydrogen-bond donors (Lipinski definition) is 2. The van der Waals surface area contributed by atoms with Crippen LogP contribution in [0.25, 0.3) is 0 Å². The van der Waals surface area contributed by atoms with E-state index in [1.54, 1.807) is 19.1 Å². The first-order chi connectivity index (χ1) is 6.04. The van der Waals surface area contributed by atoms with Crippen molar-refractivity contribution in [3.63, 3.8) is 0 Å². The van der Waals surface area contributed by atoms with Crippen molar-refractivity contribution in [2.75, 3.05) is 0 Å². The molecule has 0 saturated heterocycles. The molecular weight excluding hydrogens is 166 g/mol. The molecule has 1 atom stereocenters. The molecule has 0 aromatic heterocycles. The van der Waals surface area contributed by atoms with Gasteiger partial charge >= 0.3 is 5.97 Å². The number of carbonyl (C=O) groups is 1. The Morgan fingerprint density at radius 2 is 2.15 bits per heavy atom. The summed E-state index contributed by atoms with van der Waals surface area (Å²) in [5.41, 5.74) is 7.66. The Kier molecular flexibility index (Phi) is 2.68. The topological polar surface area (TPSA) is 63.3 Å². The maximum Gasteiger partial charge on any atom is 0.335 e. The van der Waals surface area contributed by atoms with E-state index in [0.29, 0.717) is 5.56 Å². The van der Waals surface area contributed by atoms with Gasteiger partial charge in [-0.25, -0.2) is 4.79 Å².